The van der Waals surface area contributed by atoms with Crippen LogP contribution in [-0.2, 0) is 7.05 Å². The highest BCUT2D eigenvalue weighted by Gasteiger charge is 2.13. The molecule has 0 amide bonds. The van der Waals surface area contributed by atoms with Crippen molar-refractivity contribution in [3.63, 3.8) is 0 Å². The van der Waals surface area contributed by atoms with Crippen LogP contribution in [0.2, 0.25) is 0 Å². The molecule has 3 rings (SSSR count). The summed E-state index contributed by atoms with van der Waals surface area (Å²) in [5, 5.41) is 9.86. The van der Waals surface area contributed by atoms with Gasteiger partial charge >= 0.3 is 5.97 Å². The first-order valence-corrected chi connectivity index (χ1v) is 6.25. The van der Waals surface area contributed by atoms with E-state index < -0.39 is 17.6 Å². The molecule has 0 aliphatic heterocycles. The topological polar surface area (TPSA) is 42.2 Å². The SMILES string of the molecule is Cn1c(C(=O)O)cc2ccc(-c3ccc(F)cc3F)cc21. The predicted molar refractivity (Wildman–Crippen MR) is 75.2 cm³/mol. The minimum Gasteiger partial charge on any atom is -0.477 e. The second-order valence-corrected chi connectivity index (χ2v) is 4.79. The average Bonchev–Trinajstić information content (AvgIpc) is 2.76. The normalized spacial score (nSPS) is 11.0. The molecule has 1 heterocycles. The largest absolute Gasteiger partial charge is 0.477 e. The van der Waals surface area contributed by atoms with Crippen molar-refractivity contribution in [2.24, 2.45) is 7.05 Å². The number of aromatic carboxylic acids is 1. The number of aromatic nitrogens is 1. The molecular formula is C16H11F2NO2. The summed E-state index contributed by atoms with van der Waals surface area (Å²) in [5.41, 5.74) is 1.67. The number of carboxylic acid groups (broad SMARTS) is 1. The van der Waals surface area contributed by atoms with Crippen molar-refractivity contribution in [2.45, 2.75) is 0 Å². The zero-order valence-corrected chi connectivity index (χ0v) is 11.1. The van der Waals surface area contributed by atoms with Gasteiger partial charge in [-0.2, -0.15) is 0 Å². The maximum absolute atomic E-state index is 13.8. The predicted octanol–water partition coefficient (Wildman–Crippen LogP) is 3.82. The van der Waals surface area contributed by atoms with Crippen molar-refractivity contribution < 1.29 is 18.7 Å². The maximum Gasteiger partial charge on any atom is 0.352 e. The number of halogens is 2. The quantitative estimate of drug-likeness (QED) is 0.778. The van der Waals surface area contributed by atoms with Gasteiger partial charge in [0, 0.05) is 29.6 Å². The van der Waals surface area contributed by atoms with Crippen LogP contribution < -0.4 is 0 Å². The molecule has 0 aliphatic rings. The standard InChI is InChI=1S/C16H11F2NO2/c1-19-14-6-9(12-5-4-11(17)8-13(12)18)2-3-10(14)7-15(19)16(20)21/h2-8H,1H3,(H,20,21). The summed E-state index contributed by atoms with van der Waals surface area (Å²) in [6, 6.07) is 10.0. The highest BCUT2D eigenvalue weighted by Crippen LogP contribution is 2.28. The number of aryl methyl sites for hydroxylation is 1. The van der Waals surface area contributed by atoms with E-state index in [2.05, 4.69) is 0 Å². The molecule has 0 saturated carbocycles. The second-order valence-electron chi connectivity index (χ2n) is 4.79. The van der Waals surface area contributed by atoms with Gasteiger partial charge in [0.2, 0.25) is 0 Å². The lowest BCUT2D eigenvalue weighted by Gasteiger charge is -2.05. The Labute approximate surface area is 119 Å². The first-order valence-electron chi connectivity index (χ1n) is 6.25. The molecule has 2 aromatic carbocycles. The third-order valence-electron chi connectivity index (χ3n) is 3.51. The van der Waals surface area contributed by atoms with Crippen LogP contribution in [0.3, 0.4) is 0 Å². The molecule has 0 unspecified atom stereocenters. The van der Waals surface area contributed by atoms with Crippen LogP contribution in [0.25, 0.3) is 22.0 Å². The zero-order valence-electron chi connectivity index (χ0n) is 11.1. The van der Waals surface area contributed by atoms with E-state index in [1.807, 2.05) is 0 Å². The average molecular weight is 287 g/mol. The van der Waals surface area contributed by atoms with Crippen molar-refractivity contribution in [3.8, 4) is 11.1 Å². The van der Waals surface area contributed by atoms with Gasteiger partial charge < -0.3 is 9.67 Å². The van der Waals surface area contributed by atoms with Gasteiger partial charge in [-0.3, -0.25) is 0 Å². The first-order chi connectivity index (χ1) is 9.97. The lowest BCUT2D eigenvalue weighted by atomic mass is 10.0. The summed E-state index contributed by atoms with van der Waals surface area (Å²) in [6.45, 7) is 0. The fourth-order valence-electron chi connectivity index (χ4n) is 2.43. The lowest BCUT2D eigenvalue weighted by molar-refractivity contribution is 0.0687. The van der Waals surface area contributed by atoms with E-state index in [1.54, 1.807) is 31.3 Å². The summed E-state index contributed by atoms with van der Waals surface area (Å²) in [5.74, 6) is -2.31. The molecule has 21 heavy (non-hydrogen) atoms. The summed E-state index contributed by atoms with van der Waals surface area (Å²) in [6.07, 6.45) is 0. The van der Waals surface area contributed by atoms with Gasteiger partial charge in [-0.25, -0.2) is 13.6 Å². The van der Waals surface area contributed by atoms with Crippen LogP contribution in [-0.4, -0.2) is 15.6 Å². The second kappa shape index (κ2) is 4.70. The molecule has 3 nitrogen and oxygen atoms in total. The third kappa shape index (κ3) is 2.16. The van der Waals surface area contributed by atoms with Crippen LogP contribution in [0.4, 0.5) is 8.78 Å². The van der Waals surface area contributed by atoms with E-state index in [4.69, 9.17) is 5.11 Å². The van der Waals surface area contributed by atoms with E-state index in [0.717, 1.165) is 11.5 Å². The number of benzene rings is 2. The summed E-state index contributed by atoms with van der Waals surface area (Å²) >= 11 is 0. The van der Waals surface area contributed by atoms with Crippen molar-refractivity contribution >= 4 is 16.9 Å². The molecule has 3 aromatic rings. The fraction of sp³-hybridized carbons (Fsp3) is 0.0625. The highest BCUT2D eigenvalue weighted by atomic mass is 19.1. The third-order valence-corrected chi connectivity index (χ3v) is 3.51. The Morgan fingerprint density at radius 2 is 1.86 bits per heavy atom. The van der Waals surface area contributed by atoms with E-state index in [-0.39, 0.29) is 11.3 Å². The number of carbonyl (C=O) groups is 1. The van der Waals surface area contributed by atoms with Gasteiger partial charge in [0.1, 0.15) is 17.3 Å². The van der Waals surface area contributed by atoms with Crippen molar-refractivity contribution in [2.75, 3.05) is 0 Å². The van der Waals surface area contributed by atoms with Gasteiger partial charge in [0.25, 0.3) is 0 Å². The number of rotatable bonds is 2. The van der Waals surface area contributed by atoms with E-state index in [1.165, 1.54) is 16.7 Å². The zero-order chi connectivity index (χ0) is 15.1. The molecule has 0 aliphatic carbocycles. The molecule has 0 fully saturated rings. The first kappa shape index (κ1) is 13.3. The molecule has 0 bridgehead atoms. The van der Waals surface area contributed by atoms with Gasteiger partial charge in [-0.1, -0.05) is 12.1 Å². The molecular weight excluding hydrogens is 276 g/mol. The molecule has 106 valence electrons. The maximum atomic E-state index is 13.8. The number of hydrogen-bond donors (Lipinski definition) is 1. The Balaban J connectivity index is 2.21. The molecule has 1 N–H and O–H groups in total. The Morgan fingerprint density at radius 1 is 1.10 bits per heavy atom. The molecule has 1 aromatic heterocycles. The molecule has 0 radical (unpaired) electrons. The van der Waals surface area contributed by atoms with E-state index in [9.17, 15) is 13.6 Å². The van der Waals surface area contributed by atoms with Crippen molar-refractivity contribution in [1.29, 1.82) is 0 Å². The Hall–Kier alpha value is -2.69. The summed E-state index contributed by atoms with van der Waals surface area (Å²) in [4.78, 5) is 11.1. The molecule has 0 atom stereocenters. The monoisotopic (exact) mass is 287 g/mol. The van der Waals surface area contributed by atoms with Crippen LogP contribution in [0.1, 0.15) is 10.5 Å². The Bertz CT molecular complexity index is 868. The number of hydrogen-bond acceptors (Lipinski definition) is 1. The summed E-state index contributed by atoms with van der Waals surface area (Å²) in [7, 11) is 1.64. The van der Waals surface area contributed by atoms with Crippen molar-refractivity contribution in [3.05, 3.63) is 59.8 Å². The Morgan fingerprint density at radius 3 is 2.52 bits per heavy atom. The summed E-state index contributed by atoms with van der Waals surface area (Å²) < 4.78 is 28.3. The van der Waals surface area contributed by atoms with E-state index >= 15 is 0 Å². The number of fused-ring (bicyclic) bond motifs is 1. The van der Waals surface area contributed by atoms with Gasteiger partial charge in [-0.15, -0.1) is 0 Å². The van der Waals surface area contributed by atoms with Crippen LogP contribution in [0.5, 0.6) is 0 Å². The Kier molecular flexibility index (Phi) is 2.97. The van der Waals surface area contributed by atoms with Crippen molar-refractivity contribution in [1.82, 2.24) is 4.57 Å². The smallest absolute Gasteiger partial charge is 0.352 e. The van der Waals surface area contributed by atoms with Gasteiger partial charge in [0.15, 0.2) is 0 Å². The van der Waals surface area contributed by atoms with Gasteiger partial charge in [0.05, 0.1) is 0 Å². The molecule has 0 spiro atoms. The van der Waals surface area contributed by atoms with Crippen LogP contribution >= 0.6 is 0 Å². The molecule has 5 heteroatoms. The highest BCUT2D eigenvalue weighted by molar-refractivity contribution is 5.96. The number of nitrogens with zero attached hydrogens (tertiary/aromatic N) is 1. The van der Waals surface area contributed by atoms with Crippen LogP contribution in [0.15, 0.2) is 42.5 Å². The fourth-order valence-corrected chi connectivity index (χ4v) is 2.43. The number of carboxylic acids is 1. The minimum absolute atomic E-state index is 0.154. The molecule has 0 saturated heterocycles. The lowest BCUT2D eigenvalue weighted by Crippen LogP contribution is -2.03. The van der Waals surface area contributed by atoms with Crippen LogP contribution in [0, 0.1) is 11.6 Å². The van der Waals surface area contributed by atoms with Gasteiger partial charge in [-0.05, 0) is 29.8 Å². The minimum atomic E-state index is -1.02. The van der Waals surface area contributed by atoms with E-state index in [0.29, 0.717) is 11.1 Å².